The van der Waals surface area contributed by atoms with Crippen molar-refractivity contribution >= 4 is 39.7 Å². The second-order valence-electron chi connectivity index (χ2n) is 7.35. The Bertz CT molecular complexity index is 779. The fourth-order valence-electron chi connectivity index (χ4n) is 4.71. The van der Waals surface area contributed by atoms with Gasteiger partial charge in [0.25, 0.3) is 5.91 Å². The van der Waals surface area contributed by atoms with Gasteiger partial charge in [-0.05, 0) is 62.1 Å². The third kappa shape index (κ3) is 3.29. The molecule has 1 heterocycles. The van der Waals surface area contributed by atoms with E-state index in [9.17, 15) is 9.18 Å². The first-order valence-corrected chi connectivity index (χ1v) is 9.60. The molecule has 3 N–H and O–H groups in total. The third-order valence-corrected chi connectivity index (χ3v) is 7.04. The van der Waals surface area contributed by atoms with Gasteiger partial charge in [-0.2, -0.15) is 0 Å². The van der Waals surface area contributed by atoms with Gasteiger partial charge in [0, 0.05) is 22.2 Å². The number of amides is 1. The number of nitrogens with one attached hydrogen (secondary N) is 1. The Morgan fingerprint density at radius 3 is 2.60 bits per heavy atom. The number of carbonyl (C=O) groups excluding carboxylic acids is 1. The lowest BCUT2D eigenvalue weighted by Gasteiger charge is -2.45. The van der Waals surface area contributed by atoms with Crippen molar-refractivity contribution in [2.24, 2.45) is 17.6 Å². The minimum absolute atomic E-state index is 0. The first-order valence-electron chi connectivity index (χ1n) is 8.78. The van der Waals surface area contributed by atoms with Gasteiger partial charge in [-0.1, -0.05) is 12.5 Å². The van der Waals surface area contributed by atoms with Crippen molar-refractivity contribution in [3.8, 4) is 0 Å². The average molecular weight is 383 g/mol. The van der Waals surface area contributed by atoms with E-state index in [0.717, 1.165) is 35.9 Å². The predicted octanol–water partition coefficient (Wildman–Crippen LogP) is 4.41. The zero-order valence-corrected chi connectivity index (χ0v) is 15.9. The van der Waals surface area contributed by atoms with Crippen molar-refractivity contribution in [3.63, 3.8) is 0 Å². The highest BCUT2D eigenvalue weighted by atomic mass is 35.5. The fourth-order valence-corrected chi connectivity index (χ4v) is 5.84. The summed E-state index contributed by atoms with van der Waals surface area (Å²) in [7, 11) is 0. The van der Waals surface area contributed by atoms with Gasteiger partial charge in [0.1, 0.15) is 5.82 Å². The molecule has 1 aromatic carbocycles. The second-order valence-corrected chi connectivity index (χ2v) is 8.40. The first kappa shape index (κ1) is 18.6. The molecule has 0 radical (unpaired) electrons. The van der Waals surface area contributed by atoms with Crippen molar-refractivity contribution in [1.82, 2.24) is 5.32 Å². The number of halogens is 2. The van der Waals surface area contributed by atoms with Gasteiger partial charge in [0.2, 0.25) is 0 Å². The van der Waals surface area contributed by atoms with Crippen LogP contribution in [0.5, 0.6) is 0 Å². The molecule has 2 atom stereocenters. The summed E-state index contributed by atoms with van der Waals surface area (Å²) >= 11 is 1.39. The molecule has 6 heteroatoms. The van der Waals surface area contributed by atoms with Gasteiger partial charge in [0.05, 0.1) is 4.88 Å². The van der Waals surface area contributed by atoms with E-state index in [-0.39, 0.29) is 36.2 Å². The molecule has 2 saturated carbocycles. The highest BCUT2D eigenvalue weighted by Crippen LogP contribution is 2.40. The second kappa shape index (κ2) is 7.22. The monoisotopic (exact) mass is 382 g/mol. The van der Waals surface area contributed by atoms with Crippen LogP contribution in [-0.4, -0.2) is 18.0 Å². The summed E-state index contributed by atoms with van der Waals surface area (Å²) in [6, 6.07) is 5.52. The average Bonchev–Trinajstić information content (AvgIpc) is 2.86. The molecule has 2 unspecified atom stereocenters. The Hall–Kier alpha value is -1.17. The fraction of sp³-hybridized carbons (Fsp3) is 0.526. The maximum atomic E-state index is 14.1. The van der Waals surface area contributed by atoms with Gasteiger partial charge in [-0.25, -0.2) is 4.39 Å². The number of carbonyl (C=O) groups is 1. The Morgan fingerprint density at radius 2 is 1.96 bits per heavy atom. The molecule has 4 rings (SSSR count). The molecule has 2 fully saturated rings. The maximum Gasteiger partial charge on any atom is 0.261 e. The molecule has 2 aliphatic carbocycles. The Labute approximate surface area is 157 Å². The summed E-state index contributed by atoms with van der Waals surface area (Å²) in [5.41, 5.74) is 6.92. The molecule has 0 saturated heterocycles. The lowest BCUT2D eigenvalue weighted by atomic mass is 9.67. The molecule has 1 amide bonds. The minimum Gasteiger partial charge on any atom is -0.348 e. The van der Waals surface area contributed by atoms with Crippen LogP contribution >= 0.6 is 23.7 Å². The summed E-state index contributed by atoms with van der Waals surface area (Å²) in [6.07, 6.45) is 5.54. The number of nitrogens with two attached hydrogens (primary N) is 1. The van der Waals surface area contributed by atoms with Gasteiger partial charge < -0.3 is 11.1 Å². The van der Waals surface area contributed by atoms with E-state index in [0.29, 0.717) is 22.1 Å². The number of hydrogen-bond donors (Lipinski definition) is 2. The van der Waals surface area contributed by atoms with E-state index in [1.807, 2.05) is 13.0 Å². The summed E-state index contributed by atoms with van der Waals surface area (Å²) in [4.78, 5) is 13.5. The molecule has 1 aromatic heterocycles. The summed E-state index contributed by atoms with van der Waals surface area (Å²) in [5, 5.41) is 3.85. The quantitative estimate of drug-likeness (QED) is 0.808. The van der Waals surface area contributed by atoms with E-state index in [2.05, 4.69) is 5.32 Å². The highest BCUT2D eigenvalue weighted by molar-refractivity contribution is 7.21. The van der Waals surface area contributed by atoms with E-state index in [1.165, 1.54) is 23.8 Å². The molecular formula is C19H24ClFN2OS. The van der Waals surface area contributed by atoms with Crippen LogP contribution < -0.4 is 11.1 Å². The Balaban J connectivity index is 0.00000182. The van der Waals surface area contributed by atoms with Crippen molar-refractivity contribution in [2.45, 2.75) is 51.1 Å². The molecule has 136 valence electrons. The molecule has 2 aliphatic rings. The van der Waals surface area contributed by atoms with Crippen molar-refractivity contribution in [1.29, 1.82) is 0 Å². The number of thiophene rings is 1. The Morgan fingerprint density at radius 1 is 1.28 bits per heavy atom. The number of rotatable bonds is 2. The summed E-state index contributed by atoms with van der Waals surface area (Å²) in [6.45, 7) is 1.84. The van der Waals surface area contributed by atoms with Crippen LogP contribution in [0.25, 0.3) is 10.1 Å². The lowest BCUT2D eigenvalue weighted by molar-refractivity contribution is 0.0759. The van der Waals surface area contributed by atoms with Crippen LogP contribution in [0.15, 0.2) is 18.2 Å². The predicted molar refractivity (Wildman–Crippen MR) is 103 cm³/mol. The zero-order valence-electron chi connectivity index (χ0n) is 14.3. The van der Waals surface area contributed by atoms with Crippen molar-refractivity contribution in [2.75, 3.05) is 0 Å². The van der Waals surface area contributed by atoms with Crippen LogP contribution in [0, 0.1) is 24.6 Å². The van der Waals surface area contributed by atoms with Crippen LogP contribution in [0.3, 0.4) is 0 Å². The van der Waals surface area contributed by atoms with Crippen LogP contribution in [0.4, 0.5) is 4.39 Å². The Kier molecular flexibility index (Phi) is 5.37. The molecule has 3 nitrogen and oxygen atoms in total. The normalized spacial score (nSPS) is 28.4. The number of benzene rings is 1. The summed E-state index contributed by atoms with van der Waals surface area (Å²) in [5.74, 6) is 0.678. The molecule has 0 aliphatic heterocycles. The smallest absolute Gasteiger partial charge is 0.261 e. The van der Waals surface area contributed by atoms with Crippen molar-refractivity contribution < 1.29 is 9.18 Å². The highest BCUT2D eigenvalue weighted by Gasteiger charge is 2.40. The SMILES string of the molecule is Cc1c(C(=O)NC2C3CCCC2CC(N)C3)sc2cccc(F)c12.Cl. The molecule has 2 bridgehead atoms. The van der Waals surface area contributed by atoms with Crippen LogP contribution in [0.1, 0.15) is 47.3 Å². The van der Waals surface area contributed by atoms with Gasteiger partial charge in [-0.3, -0.25) is 4.79 Å². The molecule has 0 spiro atoms. The van der Waals surface area contributed by atoms with Gasteiger partial charge in [0.15, 0.2) is 0 Å². The molecule has 2 aromatic rings. The zero-order chi connectivity index (χ0) is 16.8. The minimum atomic E-state index is -0.249. The number of fused-ring (bicyclic) bond motifs is 3. The molecular weight excluding hydrogens is 359 g/mol. The van der Waals surface area contributed by atoms with E-state index < -0.39 is 0 Å². The van der Waals surface area contributed by atoms with Crippen LogP contribution in [-0.2, 0) is 0 Å². The maximum absolute atomic E-state index is 14.1. The van der Waals surface area contributed by atoms with E-state index in [4.69, 9.17) is 5.73 Å². The topological polar surface area (TPSA) is 55.1 Å². The van der Waals surface area contributed by atoms with Gasteiger partial charge in [-0.15, -0.1) is 23.7 Å². The van der Waals surface area contributed by atoms with Gasteiger partial charge >= 0.3 is 0 Å². The first-order chi connectivity index (χ1) is 11.5. The lowest BCUT2D eigenvalue weighted by Crippen LogP contribution is -2.53. The molecule has 25 heavy (non-hydrogen) atoms. The largest absolute Gasteiger partial charge is 0.348 e. The van der Waals surface area contributed by atoms with E-state index >= 15 is 0 Å². The standard InChI is InChI=1S/C19H23FN2OS.ClH/c1-10-16-14(20)6-3-7-15(16)24-18(10)19(23)22-17-11-4-2-5-12(17)9-13(21)8-11;/h3,6-7,11-13,17H,2,4-5,8-9,21H2,1H3,(H,22,23);1H. The van der Waals surface area contributed by atoms with Crippen molar-refractivity contribution in [3.05, 3.63) is 34.5 Å². The van der Waals surface area contributed by atoms with Crippen LogP contribution in [0.2, 0.25) is 0 Å². The summed E-state index contributed by atoms with van der Waals surface area (Å²) < 4.78 is 14.9. The number of hydrogen-bond acceptors (Lipinski definition) is 3. The third-order valence-electron chi connectivity index (χ3n) is 5.78. The van der Waals surface area contributed by atoms with E-state index in [1.54, 1.807) is 6.07 Å². The number of aryl methyl sites for hydroxylation is 1.